The van der Waals surface area contributed by atoms with Gasteiger partial charge in [-0.25, -0.2) is 14.0 Å². The van der Waals surface area contributed by atoms with Crippen LogP contribution in [-0.2, 0) is 11.3 Å². The Morgan fingerprint density at radius 3 is 2.54 bits per heavy atom. The molecule has 3 rings (SSSR count). The first-order chi connectivity index (χ1) is 12.5. The van der Waals surface area contributed by atoms with Crippen molar-refractivity contribution in [3.8, 4) is 0 Å². The van der Waals surface area contributed by atoms with Crippen molar-refractivity contribution in [2.75, 3.05) is 20.2 Å². The van der Waals surface area contributed by atoms with Gasteiger partial charge < -0.3 is 20.3 Å². The summed E-state index contributed by atoms with van der Waals surface area (Å²) in [5.74, 6) is -0.403. The third kappa shape index (κ3) is 7.07. The number of benzene rings is 1. The lowest BCUT2D eigenvalue weighted by atomic mass is 10.1. The van der Waals surface area contributed by atoms with Gasteiger partial charge in [0.2, 0.25) is 0 Å². The average Bonchev–Trinajstić information content (AvgIpc) is 3.45. The molecule has 1 heterocycles. The van der Waals surface area contributed by atoms with Crippen molar-refractivity contribution in [3.63, 3.8) is 0 Å². The van der Waals surface area contributed by atoms with E-state index < -0.39 is 5.82 Å². The van der Waals surface area contributed by atoms with Crippen LogP contribution in [0.25, 0.3) is 0 Å². The summed E-state index contributed by atoms with van der Waals surface area (Å²) < 4.78 is 17.9. The van der Waals surface area contributed by atoms with E-state index in [9.17, 15) is 14.0 Å². The van der Waals surface area contributed by atoms with Crippen molar-refractivity contribution < 1.29 is 18.7 Å². The van der Waals surface area contributed by atoms with Gasteiger partial charge >= 0.3 is 12.1 Å². The second kappa shape index (κ2) is 10.2. The Hall–Kier alpha value is -2.02. The Balaban J connectivity index is 0.000000209. The number of halogens is 2. The number of rotatable bonds is 3. The first-order valence-corrected chi connectivity index (χ1v) is 9.18. The molecule has 0 spiro atoms. The molecule has 1 saturated carbocycles. The molecule has 1 aliphatic heterocycles. The Morgan fingerprint density at radius 1 is 1.27 bits per heavy atom. The Labute approximate surface area is 158 Å². The smallest absolute Gasteiger partial charge is 0.409 e. The van der Waals surface area contributed by atoms with Crippen molar-refractivity contribution in [1.29, 1.82) is 0 Å². The zero-order chi connectivity index (χ0) is 18.9. The Morgan fingerprint density at radius 2 is 1.96 bits per heavy atom. The number of hydrogen-bond acceptors (Lipinski definition) is 3. The molecule has 3 amide bonds. The van der Waals surface area contributed by atoms with Crippen LogP contribution in [0.1, 0.15) is 37.7 Å². The molecule has 0 atom stereocenters. The van der Waals surface area contributed by atoms with E-state index in [0.29, 0.717) is 16.6 Å². The van der Waals surface area contributed by atoms with Crippen LogP contribution < -0.4 is 10.6 Å². The van der Waals surface area contributed by atoms with Crippen LogP contribution in [0.15, 0.2) is 18.2 Å². The van der Waals surface area contributed by atoms with Crippen LogP contribution in [-0.4, -0.2) is 43.3 Å². The van der Waals surface area contributed by atoms with Gasteiger partial charge in [-0.1, -0.05) is 17.7 Å². The minimum atomic E-state index is -0.403. The van der Waals surface area contributed by atoms with Crippen molar-refractivity contribution in [2.24, 2.45) is 0 Å². The van der Waals surface area contributed by atoms with Crippen LogP contribution in [0, 0.1) is 5.82 Å². The molecule has 2 aliphatic rings. The molecule has 1 saturated heterocycles. The quantitative estimate of drug-likeness (QED) is 0.833. The van der Waals surface area contributed by atoms with Gasteiger partial charge in [-0.3, -0.25) is 0 Å². The molecule has 1 aliphatic carbocycles. The zero-order valence-electron chi connectivity index (χ0n) is 14.9. The predicted octanol–water partition coefficient (Wildman–Crippen LogP) is 3.68. The number of ether oxygens (including phenoxy) is 1. The second-order valence-corrected chi connectivity index (χ2v) is 6.79. The van der Waals surface area contributed by atoms with Crippen LogP contribution in [0.2, 0.25) is 5.02 Å². The summed E-state index contributed by atoms with van der Waals surface area (Å²) >= 11 is 5.62. The standard InChI is InChI=1S/C11H12ClFN2O.C7H13NO2/c12-8-2-1-7(10(13)5-8)6-14-11(16)15-9-3-4-9;1-10-7(9)8-5-3-2-4-6-8/h1-2,5,9H,3-4,6H2,(H2,14,15,16);2-6H2,1H3. The Bertz CT molecular complexity index is 620. The molecular formula is C18H25ClFN3O3. The summed E-state index contributed by atoms with van der Waals surface area (Å²) in [6.45, 7) is 1.90. The highest BCUT2D eigenvalue weighted by molar-refractivity contribution is 6.30. The molecule has 2 N–H and O–H groups in total. The molecule has 26 heavy (non-hydrogen) atoms. The lowest BCUT2D eigenvalue weighted by Gasteiger charge is -2.24. The maximum atomic E-state index is 13.3. The molecule has 0 aromatic heterocycles. The number of carbonyl (C=O) groups excluding carboxylic acids is 2. The van der Waals surface area contributed by atoms with Gasteiger partial charge in [0.15, 0.2) is 0 Å². The highest BCUT2D eigenvalue weighted by atomic mass is 35.5. The molecule has 6 nitrogen and oxygen atoms in total. The maximum Gasteiger partial charge on any atom is 0.409 e. The lowest BCUT2D eigenvalue weighted by Crippen LogP contribution is -2.36. The number of carbonyl (C=O) groups is 2. The number of nitrogens with one attached hydrogen (secondary N) is 2. The summed E-state index contributed by atoms with van der Waals surface area (Å²) in [7, 11) is 1.43. The molecular weight excluding hydrogens is 361 g/mol. The van der Waals surface area contributed by atoms with Crippen molar-refractivity contribution in [3.05, 3.63) is 34.6 Å². The maximum absolute atomic E-state index is 13.3. The van der Waals surface area contributed by atoms with E-state index in [4.69, 9.17) is 11.6 Å². The van der Waals surface area contributed by atoms with E-state index in [1.807, 2.05) is 0 Å². The van der Waals surface area contributed by atoms with Gasteiger partial charge in [0.05, 0.1) is 7.11 Å². The fraction of sp³-hybridized carbons (Fsp3) is 0.556. The highest BCUT2D eigenvalue weighted by Crippen LogP contribution is 2.18. The molecule has 8 heteroatoms. The first kappa shape index (κ1) is 20.3. The summed E-state index contributed by atoms with van der Waals surface area (Å²) in [4.78, 5) is 23.9. The molecule has 0 unspecified atom stereocenters. The van der Waals surface area contributed by atoms with E-state index in [2.05, 4.69) is 15.4 Å². The minimum Gasteiger partial charge on any atom is -0.453 e. The number of urea groups is 1. The predicted molar refractivity (Wildman–Crippen MR) is 97.6 cm³/mol. The lowest BCUT2D eigenvalue weighted by molar-refractivity contribution is 0.115. The number of amides is 3. The van der Waals surface area contributed by atoms with Gasteiger partial charge in [-0.2, -0.15) is 0 Å². The highest BCUT2D eigenvalue weighted by Gasteiger charge is 2.23. The molecule has 0 bridgehead atoms. The number of likely N-dealkylation sites (tertiary alicyclic amines) is 1. The fourth-order valence-corrected chi connectivity index (χ4v) is 2.67. The third-order valence-corrected chi connectivity index (χ3v) is 4.39. The first-order valence-electron chi connectivity index (χ1n) is 8.80. The topological polar surface area (TPSA) is 70.7 Å². The summed E-state index contributed by atoms with van der Waals surface area (Å²) in [6.07, 6.45) is 5.36. The molecule has 1 aromatic rings. The van der Waals surface area contributed by atoms with Crippen LogP contribution in [0.3, 0.4) is 0 Å². The van der Waals surface area contributed by atoms with Crippen LogP contribution >= 0.6 is 11.6 Å². The van der Waals surface area contributed by atoms with Gasteiger partial charge in [-0.05, 0) is 44.2 Å². The SMILES string of the molecule is COC(=O)N1CCCCC1.O=C(NCc1ccc(Cl)cc1F)NC1CC1. The van der Waals surface area contributed by atoms with Gasteiger partial charge in [-0.15, -0.1) is 0 Å². The fourth-order valence-electron chi connectivity index (χ4n) is 2.51. The van der Waals surface area contributed by atoms with Gasteiger partial charge in [0, 0.05) is 36.3 Å². The Kier molecular flexibility index (Phi) is 7.97. The number of piperidine rings is 1. The second-order valence-electron chi connectivity index (χ2n) is 6.35. The van der Waals surface area contributed by atoms with Crippen LogP contribution in [0.5, 0.6) is 0 Å². The summed E-state index contributed by atoms with van der Waals surface area (Å²) in [6, 6.07) is 4.44. The largest absolute Gasteiger partial charge is 0.453 e. The van der Waals surface area contributed by atoms with E-state index in [-0.39, 0.29) is 18.7 Å². The van der Waals surface area contributed by atoms with Crippen molar-refractivity contribution in [1.82, 2.24) is 15.5 Å². The van der Waals surface area contributed by atoms with Gasteiger partial charge in [0.1, 0.15) is 5.82 Å². The van der Waals surface area contributed by atoms with E-state index >= 15 is 0 Å². The van der Waals surface area contributed by atoms with E-state index in [0.717, 1.165) is 38.8 Å². The van der Waals surface area contributed by atoms with E-state index in [1.54, 1.807) is 17.0 Å². The molecule has 1 aromatic carbocycles. The number of nitrogens with zero attached hydrogens (tertiary/aromatic N) is 1. The monoisotopic (exact) mass is 385 g/mol. The minimum absolute atomic E-state index is 0.168. The zero-order valence-corrected chi connectivity index (χ0v) is 15.7. The van der Waals surface area contributed by atoms with E-state index in [1.165, 1.54) is 19.6 Å². The van der Waals surface area contributed by atoms with Crippen molar-refractivity contribution in [2.45, 2.75) is 44.7 Å². The summed E-state index contributed by atoms with van der Waals surface area (Å²) in [5, 5.41) is 5.70. The van der Waals surface area contributed by atoms with Crippen LogP contribution in [0.4, 0.5) is 14.0 Å². The normalized spacial score (nSPS) is 16.2. The summed E-state index contributed by atoms with van der Waals surface area (Å²) in [5.41, 5.74) is 0.426. The molecule has 0 radical (unpaired) electrons. The third-order valence-electron chi connectivity index (χ3n) is 4.16. The number of hydrogen-bond donors (Lipinski definition) is 2. The average molecular weight is 386 g/mol. The molecule has 2 fully saturated rings. The number of methoxy groups -OCH3 is 1. The van der Waals surface area contributed by atoms with Crippen molar-refractivity contribution >= 4 is 23.7 Å². The van der Waals surface area contributed by atoms with Gasteiger partial charge in [0.25, 0.3) is 0 Å². The molecule has 144 valence electrons.